The van der Waals surface area contributed by atoms with Gasteiger partial charge in [0.1, 0.15) is 0 Å². The second-order valence-corrected chi connectivity index (χ2v) is 118. The molecule has 0 aromatic rings. The maximum absolute atomic E-state index is 8.95. The van der Waals surface area contributed by atoms with Gasteiger partial charge < -0.3 is 88.4 Å². The highest BCUT2D eigenvalue weighted by atomic mass is 28.6. The summed E-state index contributed by atoms with van der Waals surface area (Å²) in [6, 6.07) is 2.29. The molecule has 0 aromatic carbocycles. The molecule has 0 bridgehead atoms. The van der Waals surface area contributed by atoms with E-state index in [2.05, 4.69) is 262 Å². The van der Waals surface area contributed by atoms with Crippen LogP contribution in [0.15, 0.2) is 0 Å². The maximum atomic E-state index is 8.95. The first-order valence-corrected chi connectivity index (χ1v) is 105. The minimum atomic E-state index is -2.89. The summed E-state index contributed by atoms with van der Waals surface area (Å²) in [6.45, 7) is 85.9. The minimum absolute atomic E-state index is 0.341. The molecule has 0 saturated heterocycles. The van der Waals surface area contributed by atoms with Gasteiger partial charge in [-0.3, -0.25) is 0 Å². The molecule has 0 heterocycles. The van der Waals surface area contributed by atoms with E-state index in [-0.39, 0.29) is 0 Å². The summed E-state index contributed by atoms with van der Waals surface area (Å²) in [4.78, 5) is 0. The quantitative estimate of drug-likeness (QED) is 0.0427. The van der Waals surface area contributed by atoms with Gasteiger partial charge in [-0.1, -0.05) is 218 Å². The fourth-order valence-electron chi connectivity index (χ4n) is 18.9. The average Bonchev–Trinajstić information content (AvgIpc) is 0.796. The molecule has 0 aliphatic heterocycles. The normalized spacial score (nSPS) is 14.8. The molecule has 728 valence electrons. The van der Waals surface area contributed by atoms with Crippen molar-refractivity contribution in [2.75, 3.05) is 13.2 Å². The standard InChI is InChI=1S/C80H202O21Si20/c1-102(2,79-75-71-67-63-59-55-51-47-43-41-45-49-53-57-61-65-69-73-77-81)83-104(5,6)85-106(9,10)87-108(13,14)89-110(17,18)91-112(21,22)93-114(25,26)95-116(29,30)97-118(33,34)99-120(37,38)101-121(39,40)100-119(35,36)98-117(31,32)96-115(27,28)94-113(23,24)92-111(19,20)90-109(15,16)88-107(11,12)86-105(7,8)84-103(3,4)80-76-72-68-64-60-56-52-48-44-42-46-50-54-58-62-66-70-74-78-82/h81-82H,41-80H2,1-40H3. The van der Waals surface area contributed by atoms with Crippen LogP contribution in [0.5, 0.6) is 0 Å². The molecule has 21 nitrogen and oxygen atoms in total. The van der Waals surface area contributed by atoms with Crippen molar-refractivity contribution in [2.45, 2.75) is 505 Å². The fourth-order valence-corrected chi connectivity index (χ4v) is 123. The third kappa shape index (κ3) is 69.9. The van der Waals surface area contributed by atoms with Crippen LogP contribution in [0.2, 0.25) is 274 Å². The minimum Gasteiger partial charge on any atom is -0.436 e. The SMILES string of the molecule is C[Si](C)(CCCCCCCCCCCCCCCCCCCCO)O[Si](C)(C)O[Si](C)(C)O[Si](C)(C)O[Si](C)(C)O[Si](C)(C)O[Si](C)(C)O[Si](C)(C)O[Si](C)(C)O[Si](C)(C)O[Si](C)(C)O[Si](C)(C)O[Si](C)(C)O[Si](C)(C)O[Si](C)(C)O[Si](C)(C)O[Si](C)(C)O[Si](C)(C)O[Si](C)(C)O[Si](C)(C)CCCCCCCCCCCCCCCCCCCCO. The van der Waals surface area contributed by atoms with Crippen LogP contribution in [-0.2, 0) is 78.2 Å². The van der Waals surface area contributed by atoms with Crippen molar-refractivity contribution in [2.24, 2.45) is 0 Å². The summed E-state index contributed by atoms with van der Waals surface area (Å²) >= 11 is 0. The first-order valence-electron chi connectivity index (χ1n) is 48.1. The summed E-state index contributed by atoms with van der Waals surface area (Å²) in [7, 11) is -54.4. The van der Waals surface area contributed by atoms with E-state index >= 15 is 0 Å². The van der Waals surface area contributed by atoms with Gasteiger partial charge in [0.15, 0.2) is 16.6 Å². The lowest BCUT2D eigenvalue weighted by atomic mass is 10.0. The topological polar surface area (TPSA) is 216 Å². The van der Waals surface area contributed by atoms with Gasteiger partial charge >= 0.3 is 154 Å². The molecule has 0 unspecified atom stereocenters. The van der Waals surface area contributed by atoms with Crippen molar-refractivity contribution in [1.29, 1.82) is 0 Å². The molecule has 0 spiro atoms. The zero-order chi connectivity index (χ0) is 93.7. The van der Waals surface area contributed by atoms with Gasteiger partial charge in [-0.25, -0.2) is 0 Å². The van der Waals surface area contributed by atoms with Crippen LogP contribution in [0.25, 0.3) is 0 Å². The Morgan fingerprint density at radius 2 is 0.182 bits per heavy atom. The Morgan fingerprint density at radius 3 is 0.273 bits per heavy atom. The van der Waals surface area contributed by atoms with Gasteiger partial charge in [-0.15, -0.1) is 0 Å². The molecule has 0 aliphatic carbocycles. The van der Waals surface area contributed by atoms with Gasteiger partial charge in [0, 0.05) is 13.2 Å². The Balaban J connectivity index is 5.37. The lowest BCUT2D eigenvalue weighted by molar-refractivity contribution is 0.250. The molecule has 0 aromatic heterocycles. The monoisotopic (exact) mass is 2060 g/mol. The van der Waals surface area contributed by atoms with Gasteiger partial charge in [-0.05, 0) is 287 Å². The number of hydrogen-bond acceptors (Lipinski definition) is 21. The Kier molecular flexibility index (Phi) is 57.3. The van der Waals surface area contributed by atoms with Crippen molar-refractivity contribution in [1.82, 2.24) is 0 Å². The average molecular weight is 2060 g/mol. The number of rotatable bonds is 78. The van der Waals surface area contributed by atoms with E-state index in [1.54, 1.807) is 0 Å². The molecule has 0 atom stereocenters. The van der Waals surface area contributed by atoms with E-state index in [0.29, 0.717) is 13.2 Å². The molecular formula is C80H202O21Si20. The van der Waals surface area contributed by atoms with Gasteiger partial charge in [-0.2, -0.15) is 0 Å². The Hall–Kier alpha value is 3.50. The zero-order valence-corrected chi connectivity index (χ0v) is 107. The van der Waals surface area contributed by atoms with Crippen LogP contribution in [0.1, 0.15) is 231 Å². The lowest BCUT2D eigenvalue weighted by Gasteiger charge is -2.45. The molecule has 0 saturated carbocycles. The molecule has 0 radical (unpaired) electrons. The largest absolute Gasteiger partial charge is 0.436 e. The van der Waals surface area contributed by atoms with Crippen LogP contribution in [-0.4, -0.2) is 194 Å². The lowest BCUT2D eigenvalue weighted by Crippen LogP contribution is -2.63. The molecule has 0 fully saturated rings. The van der Waals surface area contributed by atoms with Crippen molar-refractivity contribution in [3.05, 3.63) is 0 Å². The van der Waals surface area contributed by atoms with Crippen molar-refractivity contribution >= 4 is 171 Å². The highest BCUT2D eigenvalue weighted by molar-refractivity contribution is 6.96. The fraction of sp³-hybridized carbons (Fsp3) is 1.00. The van der Waals surface area contributed by atoms with Crippen LogP contribution < -0.4 is 0 Å². The number of aliphatic hydroxyl groups is 2. The van der Waals surface area contributed by atoms with E-state index in [1.165, 1.54) is 218 Å². The first-order chi connectivity index (χ1) is 54.6. The predicted octanol–water partition coefficient (Wildman–Crippen LogP) is 28.4. The van der Waals surface area contributed by atoms with E-state index in [4.69, 9.17) is 88.4 Å². The van der Waals surface area contributed by atoms with Crippen LogP contribution in [0.3, 0.4) is 0 Å². The second kappa shape index (κ2) is 55.6. The molecule has 0 amide bonds. The van der Waals surface area contributed by atoms with Crippen LogP contribution >= 0.6 is 0 Å². The smallest absolute Gasteiger partial charge is 0.314 e. The summed E-state index contributed by atoms with van der Waals surface area (Å²) in [5.41, 5.74) is 0. The zero-order valence-electron chi connectivity index (χ0n) is 86.9. The summed E-state index contributed by atoms with van der Waals surface area (Å²) in [5.74, 6) is 0. The molecule has 0 aliphatic rings. The van der Waals surface area contributed by atoms with Gasteiger partial charge in [0.25, 0.3) is 0 Å². The van der Waals surface area contributed by atoms with Crippen molar-refractivity contribution in [3.8, 4) is 0 Å². The molecule has 121 heavy (non-hydrogen) atoms. The van der Waals surface area contributed by atoms with E-state index in [0.717, 1.165) is 24.9 Å². The third-order valence-corrected chi connectivity index (χ3v) is 98.1. The van der Waals surface area contributed by atoms with E-state index in [9.17, 15) is 0 Å². The second-order valence-electron chi connectivity index (χ2n) is 44.3. The van der Waals surface area contributed by atoms with Gasteiger partial charge in [0.2, 0.25) is 0 Å². The number of aliphatic hydroxyl groups excluding tert-OH is 2. The molecular weight excluding hydrogens is 1860 g/mol. The van der Waals surface area contributed by atoms with Crippen molar-refractivity contribution in [3.63, 3.8) is 0 Å². The Morgan fingerprint density at radius 1 is 0.107 bits per heavy atom. The third-order valence-electron chi connectivity index (χ3n) is 19.8. The summed E-state index contributed by atoms with van der Waals surface area (Å²) in [6.07, 6.45) is 47.4. The molecule has 41 heteroatoms. The Labute approximate surface area is 771 Å². The summed E-state index contributed by atoms with van der Waals surface area (Å²) < 4.78 is 133. The highest BCUT2D eigenvalue weighted by Crippen LogP contribution is 2.37. The predicted molar refractivity (Wildman–Crippen MR) is 560 cm³/mol. The molecule has 0 rings (SSSR count). The summed E-state index contributed by atoms with van der Waals surface area (Å²) in [5, 5.41) is 17.9. The Bertz CT molecular complexity index is 2570. The maximum Gasteiger partial charge on any atom is 0.314 e. The molecule has 2 N–H and O–H groups in total. The highest BCUT2D eigenvalue weighted by Gasteiger charge is 2.55. The van der Waals surface area contributed by atoms with Crippen LogP contribution in [0.4, 0.5) is 0 Å². The van der Waals surface area contributed by atoms with Gasteiger partial charge in [0.05, 0.1) is 0 Å². The first kappa shape index (κ1) is 124. The van der Waals surface area contributed by atoms with Crippen molar-refractivity contribution < 1.29 is 88.4 Å². The van der Waals surface area contributed by atoms with Crippen LogP contribution in [0, 0.1) is 0 Å². The van der Waals surface area contributed by atoms with E-state index < -0.39 is 171 Å². The number of hydrogen-bond donors (Lipinski definition) is 2. The number of unbranched alkanes of at least 4 members (excludes halogenated alkanes) is 34. The van der Waals surface area contributed by atoms with E-state index in [1.807, 2.05) is 0 Å².